The standard InChI is InChI=1S/C16H14ClN3OS2/c1-9-15(11-4-3-5-12(17)6-11)20-16(23-9)19-14(21)7-13-8-22-10(2)18-13/h3-6,8H,7H2,1-2H3,(H,19,20,21). The molecule has 7 heteroatoms. The molecule has 1 aromatic carbocycles. The Kier molecular flexibility index (Phi) is 4.75. The molecule has 2 heterocycles. The van der Waals surface area contributed by atoms with E-state index in [0.717, 1.165) is 26.8 Å². The average molecular weight is 364 g/mol. The molecule has 0 radical (unpaired) electrons. The van der Waals surface area contributed by atoms with Gasteiger partial charge in [-0.15, -0.1) is 22.7 Å². The molecule has 3 rings (SSSR count). The number of hydrogen-bond donors (Lipinski definition) is 1. The van der Waals surface area contributed by atoms with Gasteiger partial charge in [-0.25, -0.2) is 9.97 Å². The van der Waals surface area contributed by atoms with Gasteiger partial charge in [-0.1, -0.05) is 23.7 Å². The molecule has 0 aliphatic carbocycles. The Morgan fingerprint density at radius 2 is 2.13 bits per heavy atom. The fraction of sp³-hybridized carbons (Fsp3) is 0.188. The van der Waals surface area contributed by atoms with Crippen LogP contribution in [-0.2, 0) is 11.2 Å². The van der Waals surface area contributed by atoms with Crippen molar-refractivity contribution in [2.75, 3.05) is 5.32 Å². The van der Waals surface area contributed by atoms with Crippen LogP contribution >= 0.6 is 34.3 Å². The minimum Gasteiger partial charge on any atom is -0.302 e. The highest BCUT2D eigenvalue weighted by Gasteiger charge is 2.13. The first-order valence-corrected chi connectivity index (χ1v) is 9.03. The van der Waals surface area contributed by atoms with E-state index in [1.807, 2.05) is 43.5 Å². The van der Waals surface area contributed by atoms with Gasteiger partial charge in [0.05, 0.1) is 22.8 Å². The van der Waals surface area contributed by atoms with Crippen molar-refractivity contribution in [2.24, 2.45) is 0 Å². The van der Waals surface area contributed by atoms with Crippen molar-refractivity contribution in [2.45, 2.75) is 20.3 Å². The van der Waals surface area contributed by atoms with E-state index in [-0.39, 0.29) is 12.3 Å². The van der Waals surface area contributed by atoms with Crippen LogP contribution in [0.15, 0.2) is 29.6 Å². The first-order chi connectivity index (χ1) is 11.0. The normalized spacial score (nSPS) is 10.7. The largest absolute Gasteiger partial charge is 0.302 e. The zero-order valence-electron chi connectivity index (χ0n) is 12.6. The van der Waals surface area contributed by atoms with Crippen molar-refractivity contribution in [1.82, 2.24) is 9.97 Å². The van der Waals surface area contributed by atoms with Gasteiger partial charge in [0.2, 0.25) is 5.91 Å². The van der Waals surface area contributed by atoms with Gasteiger partial charge in [-0.2, -0.15) is 0 Å². The number of nitrogens with zero attached hydrogens (tertiary/aromatic N) is 2. The predicted molar refractivity (Wildman–Crippen MR) is 96.5 cm³/mol. The minimum atomic E-state index is -0.110. The van der Waals surface area contributed by atoms with Crippen LogP contribution in [0.4, 0.5) is 5.13 Å². The zero-order chi connectivity index (χ0) is 16.4. The fourth-order valence-electron chi connectivity index (χ4n) is 2.17. The highest BCUT2D eigenvalue weighted by molar-refractivity contribution is 7.16. The molecule has 1 amide bonds. The van der Waals surface area contributed by atoms with Crippen LogP contribution in [0.1, 0.15) is 15.6 Å². The number of hydrogen-bond acceptors (Lipinski definition) is 5. The van der Waals surface area contributed by atoms with Gasteiger partial charge in [0.15, 0.2) is 5.13 Å². The van der Waals surface area contributed by atoms with Crippen molar-refractivity contribution in [3.05, 3.63) is 50.2 Å². The lowest BCUT2D eigenvalue weighted by Crippen LogP contribution is -2.14. The van der Waals surface area contributed by atoms with Crippen molar-refractivity contribution >= 4 is 45.3 Å². The lowest BCUT2D eigenvalue weighted by Gasteiger charge is -2.00. The minimum absolute atomic E-state index is 0.110. The Bertz CT molecular complexity index is 857. The SMILES string of the molecule is Cc1nc(CC(=O)Nc2nc(-c3cccc(Cl)c3)c(C)s2)cs1. The molecule has 0 spiro atoms. The van der Waals surface area contributed by atoms with Crippen molar-refractivity contribution in [1.29, 1.82) is 0 Å². The molecule has 118 valence electrons. The van der Waals surface area contributed by atoms with Crippen LogP contribution in [-0.4, -0.2) is 15.9 Å². The summed E-state index contributed by atoms with van der Waals surface area (Å²) in [5.41, 5.74) is 2.58. The Balaban J connectivity index is 1.74. The molecule has 0 fully saturated rings. The van der Waals surface area contributed by atoms with Gasteiger partial charge in [0.25, 0.3) is 0 Å². The third-order valence-corrected chi connectivity index (χ3v) is 5.09. The van der Waals surface area contributed by atoms with Crippen molar-refractivity contribution in [3.8, 4) is 11.3 Å². The molecule has 0 saturated carbocycles. The molecule has 0 unspecified atom stereocenters. The van der Waals surface area contributed by atoms with Crippen molar-refractivity contribution in [3.63, 3.8) is 0 Å². The van der Waals surface area contributed by atoms with Crippen LogP contribution < -0.4 is 5.32 Å². The molecule has 3 aromatic rings. The molecule has 0 atom stereocenters. The topological polar surface area (TPSA) is 54.9 Å². The maximum absolute atomic E-state index is 12.1. The van der Waals surface area contributed by atoms with E-state index in [4.69, 9.17) is 11.6 Å². The third kappa shape index (κ3) is 3.96. The molecule has 0 aliphatic rings. The van der Waals surface area contributed by atoms with E-state index in [1.54, 1.807) is 11.3 Å². The summed E-state index contributed by atoms with van der Waals surface area (Å²) in [6.45, 7) is 3.90. The van der Waals surface area contributed by atoms with Crippen LogP contribution in [0, 0.1) is 13.8 Å². The number of nitrogens with one attached hydrogen (secondary N) is 1. The quantitative estimate of drug-likeness (QED) is 0.729. The van der Waals surface area contributed by atoms with E-state index >= 15 is 0 Å². The summed E-state index contributed by atoms with van der Waals surface area (Å²) < 4.78 is 0. The fourth-order valence-corrected chi connectivity index (χ4v) is 3.83. The highest BCUT2D eigenvalue weighted by Crippen LogP contribution is 2.31. The summed E-state index contributed by atoms with van der Waals surface area (Å²) in [5.74, 6) is -0.110. The number of thiazole rings is 2. The lowest BCUT2D eigenvalue weighted by molar-refractivity contribution is -0.115. The number of aryl methyl sites for hydroxylation is 2. The van der Waals surface area contributed by atoms with E-state index in [1.165, 1.54) is 11.3 Å². The maximum atomic E-state index is 12.1. The van der Waals surface area contributed by atoms with Gasteiger partial charge in [0, 0.05) is 20.8 Å². The molecule has 4 nitrogen and oxygen atoms in total. The molecule has 0 aliphatic heterocycles. The Morgan fingerprint density at radius 3 is 2.83 bits per heavy atom. The number of rotatable bonds is 4. The first-order valence-electron chi connectivity index (χ1n) is 6.95. The summed E-state index contributed by atoms with van der Waals surface area (Å²) in [5, 5.41) is 6.97. The van der Waals surface area contributed by atoms with Crippen LogP contribution in [0.5, 0.6) is 0 Å². The summed E-state index contributed by atoms with van der Waals surface area (Å²) in [6, 6.07) is 7.54. The average Bonchev–Trinajstić information content (AvgIpc) is 3.04. The van der Waals surface area contributed by atoms with Crippen LogP contribution in [0.3, 0.4) is 0 Å². The van der Waals surface area contributed by atoms with E-state index in [2.05, 4.69) is 15.3 Å². The Morgan fingerprint density at radius 1 is 1.30 bits per heavy atom. The van der Waals surface area contributed by atoms with Gasteiger partial charge < -0.3 is 5.32 Å². The zero-order valence-corrected chi connectivity index (χ0v) is 15.0. The van der Waals surface area contributed by atoms with Gasteiger partial charge in [0.1, 0.15) is 0 Å². The second-order valence-corrected chi connectivity index (χ2v) is 7.72. The molecule has 2 aromatic heterocycles. The summed E-state index contributed by atoms with van der Waals surface area (Å²) in [7, 11) is 0. The monoisotopic (exact) mass is 363 g/mol. The van der Waals surface area contributed by atoms with Gasteiger partial charge in [-0.3, -0.25) is 4.79 Å². The van der Waals surface area contributed by atoms with E-state index in [9.17, 15) is 4.79 Å². The second-order valence-electron chi connectivity index (χ2n) is 5.02. The number of carbonyl (C=O) groups excluding carboxylic acids is 1. The van der Waals surface area contributed by atoms with Crippen molar-refractivity contribution < 1.29 is 4.79 Å². The van der Waals surface area contributed by atoms with E-state index in [0.29, 0.717) is 10.2 Å². The number of halogens is 1. The third-order valence-electron chi connectivity index (χ3n) is 3.15. The number of carbonyl (C=O) groups is 1. The summed E-state index contributed by atoms with van der Waals surface area (Å²) in [4.78, 5) is 22.0. The number of benzene rings is 1. The first kappa shape index (κ1) is 16.1. The predicted octanol–water partition coefficient (Wildman–Crippen LogP) is 4.72. The molecular formula is C16H14ClN3OS2. The molecular weight excluding hydrogens is 350 g/mol. The number of amides is 1. The number of aromatic nitrogens is 2. The summed E-state index contributed by atoms with van der Waals surface area (Å²) >= 11 is 9.03. The van der Waals surface area contributed by atoms with Crippen LogP contribution in [0.2, 0.25) is 5.02 Å². The van der Waals surface area contributed by atoms with Gasteiger partial charge >= 0.3 is 0 Å². The lowest BCUT2D eigenvalue weighted by atomic mass is 10.1. The molecule has 1 N–H and O–H groups in total. The second kappa shape index (κ2) is 6.78. The molecule has 0 saturated heterocycles. The molecule has 0 bridgehead atoms. The summed E-state index contributed by atoms with van der Waals surface area (Å²) in [6.07, 6.45) is 0.259. The van der Waals surface area contributed by atoms with Gasteiger partial charge in [-0.05, 0) is 26.0 Å². The Hall–Kier alpha value is -1.76. The molecule has 23 heavy (non-hydrogen) atoms. The highest BCUT2D eigenvalue weighted by atomic mass is 35.5. The van der Waals surface area contributed by atoms with E-state index < -0.39 is 0 Å². The maximum Gasteiger partial charge on any atom is 0.232 e. The Labute approximate surface area is 147 Å². The smallest absolute Gasteiger partial charge is 0.232 e. The number of anilines is 1. The van der Waals surface area contributed by atoms with Crippen LogP contribution in [0.25, 0.3) is 11.3 Å².